The van der Waals surface area contributed by atoms with Crippen LogP contribution in [0.15, 0.2) is 53.4 Å². The highest BCUT2D eigenvalue weighted by atomic mass is 127. The third kappa shape index (κ3) is 3.93. The lowest BCUT2D eigenvalue weighted by Crippen LogP contribution is -2.12. The fourth-order valence-corrected chi connectivity index (χ4v) is 3.28. The molecule has 0 heterocycles. The van der Waals surface area contributed by atoms with E-state index in [-0.39, 0.29) is 4.90 Å². The molecule has 0 aliphatic heterocycles. The fourth-order valence-electron chi connectivity index (χ4n) is 1.49. The molecule has 0 saturated heterocycles. The molecule has 1 N–H and O–H groups in total. The minimum Gasteiger partial charge on any atom is -0.280 e. The summed E-state index contributed by atoms with van der Waals surface area (Å²) in [5.41, 5.74) is 1.60. The molecule has 0 fully saturated rings. The Kier molecular flexibility index (Phi) is 4.86. The van der Waals surface area contributed by atoms with Crippen LogP contribution in [0.3, 0.4) is 0 Å². The first-order valence-electron chi connectivity index (χ1n) is 5.44. The van der Waals surface area contributed by atoms with E-state index in [1.165, 1.54) is 0 Å². The number of rotatable bonds is 4. The molecule has 0 saturated carbocycles. The zero-order chi connectivity index (χ0) is 13.9. The Hall–Kier alpha value is -0.600. The highest BCUT2D eigenvalue weighted by Crippen LogP contribution is 2.18. The van der Waals surface area contributed by atoms with Gasteiger partial charge in [-0.05, 0) is 64.6 Å². The second kappa shape index (κ2) is 6.23. The van der Waals surface area contributed by atoms with Gasteiger partial charge in [-0.3, -0.25) is 4.72 Å². The van der Waals surface area contributed by atoms with Gasteiger partial charge in [0.2, 0.25) is 0 Å². The highest BCUT2D eigenvalue weighted by Gasteiger charge is 2.13. The number of hydrogen-bond donors (Lipinski definition) is 1. The summed E-state index contributed by atoms with van der Waals surface area (Å²) >= 11 is 5.50. The predicted molar refractivity (Wildman–Crippen MR) is 89.0 cm³/mol. The van der Waals surface area contributed by atoms with Crippen molar-refractivity contribution in [1.82, 2.24) is 0 Å². The van der Waals surface area contributed by atoms with Crippen LogP contribution in [0.5, 0.6) is 0 Å². The van der Waals surface area contributed by atoms with E-state index in [4.69, 9.17) is 0 Å². The average molecular weight is 452 g/mol. The lowest BCUT2D eigenvalue weighted by Gasteiger charge is -2.08. The second-order valence-corrected chi connectivity index (χ2v) is 7.38. The number of nitrogens with one attached hydrogen (secondary N) is 1. The van der Waals surface area contributed by atoms with Gasteiger partial charge in [-0.2, -0.15) is 0 Å². The van der Waals surface area contributed by atoms with Gasteiger partial charge in [0, 0.05) is 14.6 Å². The molecular weight excluding hydrogens is 441 g/mol. The zero-order valence-electron chi connectivity index (χ0n) is 9.81. The molecule has 0 bridgehead atoms. The molecule has 0 aromatic heterocycles. The fraction of sp³-hybridized carbons (Fsp3) is 0.0769. The summed E-state index contributed by atoms with van der Waals surface area (Å²) < 4.78 is 27.9. The third-order valence-corrected chi connectivity index (χ3v) is 5.25. The van der Waals surface area contributed by atoms with Crippen LogP contribution in [0.1, 0.15) is 5.56 Å². The van der Waals surface area contributed by atoms with Crippen molar-refractivity contribution in [1.29, 1.82) is 0 Å². The molecule has 2 aromatic carbocycles. The van der Waals surface area contributed by atoms with Crippen molar-refractivity contribution in [2.45, 2.75) is 10.2 Å². The van der Waals surface area contributed by atoms with Gasteiger partial charge in [0.1, 0.15) is 0 Å². The van der Waals surface area contributed by atoms with Gasteiger partial charge in [0.15, 0.2) is 0 Å². The summed E-state index contributed by atoms with van der Waals surface area (Å²) in [6, 6.07) is 14.0. The standard InChI is InChI=1S/C13H11BrINO2S/c14-9-10-1-7-13(8-2-10)19(17,18)16-12-5-3-11(15)4-6-12/h1-8,16H,9H2. The minimum atomic E-state index is -3.52. The van der Waals surface area contributed by atoms with E-state index in [0.29, 0.717) is 11.0 Å². The molecule has 0 spiro atoms. The minimum absolute atomic E-state index is 0.260. The largest absolute Gasteiger partial charge is 0.280 e. The molecule has 0 aliphatic rings. The summed E-state index contributed by atoms with van der Waals surface area (Å²) in [5, 5.41) is 0.706. The SMILES string of the molecule is O=S(=O)(Nc1ccc(I)cc1)c1ccc(CBr)cc1. The summed E-state index contributed by atoms with van der Waals surface area (Å²) in [7, 11) is -3.52. The van der Waals surface area contributed by atoms with Gasteiger partial charge in [0.05, 0.1) is 4.90 Å². The van der Waals surface area contributed by atoms with Gasteiger partial charge in [0.25, 0.3) is 10.0 Å². The maximum Gasteiger partial charge on any atom is 0.261 e. The molecule has 2 rings (SSSR count). The summed E-state index contributed by atoms with van der Waals surface area (Å²) in [6.45, 7) is 0. The lowest BCUT2D eigenvalue weighted by molar-refractivity contribution is 0.601. The lowest BCUT2D eigenvalue weighted by atomic mass is 10.2. The molecule has 0 unspecified atom stereocenters. The van der Waals surface area contributed by atoms with E-state index in [1.54, 1.807) is 36.4 Å². The summed E-state index contributed by atoms with van der Waals surface area (Å²) in [6.07, 6.45) is 0. The first kappa shape index (κ1) is 14.8. The molecule has 2 aromatic rings. The van der Waals surface area contributed by atoms with Gasteiger partial charge < -0.3 is 0 Å². The van der Waals surface area contributed by atoms with Crippen molar-refractivity contribution < 1.29 is 8.42 Å². The van der Waals surface area contributed by atoms with Gasteiger partial charge in [-0.15, -0.1) is 0 Å². The van der Waals surface area contributed by atoms with Crippen LogP contribution in [0.4, 0.5) is 5.69 Å². The van der Waals surface area contributed by atoms with Crippen molar-refractivity contribution in [3.8, 4) is 0 Å². The topological polar surface area (TPSA) is 46.2 Å². The second-order valence-electron chi connectivity index (χ2n) is 3.89. The molecular formula is C13H11BrINO2S. The van der Waals surface area contributed by atoms with Crippen molar-refractivity contribution in [2.75, 3.05) is 4.72 Å². The molecule has 6 heteroatoms. The van der Waals surface area contributed by atoms with Crippen molar-refractivity contribution in [2.24, 2.45) is 0 Å². The normalized spacial score (nSPS) is 11.3. The van der Waals surface area contributed by atoms with E-state index in [0.717, 1.165) is 9.13 Å². The van der Waals surface area contributed by atoms with Gasteiger partial charge >= 0.3 is 0 Å². The first-order chi connectivity index (χ1) is 9.01. The Morgan fingerprint density at radius 1 is 1.00 bits per heavy atom. The van der Waals surface area contributed by atoms with Crippen LogP contribution in [0.2, 0.25) is 0 Å². The van der Waals surface area contributed by atoms with E-state index in [1.807, 2.05) is 12.1 Å². The molecule has 19 heavy (non-hydrogen) atoms. The predicted octanol–water partition coefficient (Wildman–Crippen LogP) is 3.99. The summed E-state index contributed by atoms with van der Waals surface area (Å²) in [4.78, 5) is 0.260. The van der Waals surface area contributed by atoms with Crippen LogP contribution in [-0.4, -0.2) is 8.42 Å². The van der Waals surface area contributed by atoms with E-state index >= 15 is 0 Å². The van der Waals surface area contributed by atoms with Crippen LogP contribution in [0.25, 0.3) is 0 Å². The number of sulfonamides is 1. The maximum atomic E-state index is 12.2. The van der Waals surface area contributed by atoms with Gasteiger partial charge in [-0.1, -0.05) is 28.1 Å². The van der Waals surface area contributed by atoms with Crippen molar-refractivity contribution in [3.05, 3.63) is 57.7 Å². The zero-order valence-corrected chi connectivity index (χ0v) is 14.4. The van der Waals surface area contributed by atoms with Crippen LogP contribution < -0.4 is 4.72 Å². The van der Waals surface area contributed by atoms with Crippen LogP contribution in [-0.2, 0) is 15.4 Å². The molecule has 0 amide bonds. The average Bonchev–Trinajstić information content (AvgIpc) is 2.41. The van der Waals surface area contributed by atoms with Crippen molar-refractivity contribution >= 4 is 54.2 Å². The molecule has 100 valence electrons. The van der Waals surface area contributed by atoms with Crippen LogP contribution >= 0.6 is 38.5 Å². The van der Waals surface area contributed by atoms with E-state index in [9.17, 15) is 8.42 Å². The van der Waals surface area contributed by atoms with Gasteiger partial charge in [-0.25, -0.2) is 8.42 Å². The quantitative estimate of drug-likeness (QED) is 0.564. The molecule has 3 nitrogen and oxygen atoms in total. The number of hydrogen-bond acceptors (Lipinski definition) is 2. The smallest absolute Gasteiger partial charge is 0.261 e. The monoisotopic (exact) mass is 451 g/mol. The number of benzene rings is 2. The van der Waals surface area contributed by atoms with Crippen molar-refractivity contribution in [3.63, 3.8) is 0 Å². The van der Waals surface area contributed by atoms with E-state index < -0.39 is 10.0 Å². The number of anilines is 1. The maximum absolute atomic E-state index is 12.2. The third-order valence-electron chi connectivity index (χ3n) is 2.48. The Morgan fingerprint density at radius 3 is 2.11 bits per heavy atom. The van der Waals surface area contributed by atoms with Crippen LogP contribution in [0, 0.1) is 3.57 Å². The number of alkyl halides is 1. The number of halogens is 2. The molecule has 0 radical (unpaired) electrons. The Morgan fingerprint density at radius 2 is 1.58 bits per heavy atom. The molecule has 0 aliphatic carbocycles. The Balaban J connectivity index is 2.24. The Bertz CT molecular complexity index is 654. The highest BCUT2D eigenvalue weighted by molar-refractivity contribution is 14.1. The summed E-state index contributed by atoms with van der Waals surface area (Å²) in [5.74, 6) is 0. The first-order valence-corrected chi connectivity index (χ1v) is 9.13. The molecule has 0 atom stereocenters. The Labute approximate surface area is 134 Å². The van der Waals surface area contributed by atoms with E-state index in [2.05, 4.69) is 43.2 Å².